The minimum absolute atomic E-state index is 0.0169. The van der Waals surface area contributed by atoms with Crippen LogP contribution in [0.5, 0.6) is 0 Å². The fourth-order valence-corrected chi connectivity index (χ4v) is 4.73. The van der Waals surface area contributed by atoms with Gasteiger partial charge in [0.25, 0.3) is 0 Å². The number of carboxylic acid groups (broad SMARTS) is 1. The van der Waals surface area contributed by atoms with Crippen LogP contribution in [-0.4, -0.2) is 34.7 Å². The maximum atomic E-state index is 13.2. The molecule has 1 saturated carbocycles. The lowest BCUT2D eigenvalue weighted by Gasteiger charge is -2.29. The topological polar surface area (TPSA) is 66.8 Å². The van der Waals surface area contributed by atoms with Crippen LogP contribution in [0.4, 0.5) is 4.79 Å². The second-order valence-corrected chi connectivity index (χ2v) is 8.54. The van der Waals surface area contributed by atoms with E-state index in [4.69, 9.17) is 4.74 Å². The molecule has 1 unspecified atom stereocenters. The second kappa shape index (κ2) is 8.50. The summed E-state index contributed by atoms with van der Waals surface area (Å²) in [4.78, 5) is 26.7. The van der Waals surface area contributed by atoms with Gasteiger partial charge in [-0.15, -0.1) is 0 Å². The molecule has 0 aromatic heterocycles. The van der Waals surface area contributed by atoms with Gasteiger partial charge in [0.1, 0.15) is 12.6 Å². The normalized spacial score (nSPS) is 15.5. The van der Waals surface area contributed by atoms with Gasteiger partial charge in [-0.2, -0.15) is 0 Å². The highest BCUT2D eigenvalue weighted by atomic mass is 16.6. The quantitative estimate of drug-likeness (QED) is 0.556. The van der Waals surface area contributed by atoms with Crippen molar-refractivity contribution in [2.24, 2.45) is 5.92 Å². The van der Waals surface area contributed by atoms with Crippen molar-refractivity contribution in [2.75, 3.05) is 6.61 Å². The first kappa shape index (κ1) is 20.3. The minimum atomic E-state index is -0.975. The van der Waals surface area contributed by atoms with Gasteiger partial charge >= 0.3 is 12.1 Å². The maximum absolute atomic E-state index is 13.2. The molecule has 1 amide bonds. The monoisotopic (exact) mass is 427 g/mol. The van der Waals surface area contributed by atoms with Crippen LogP contribution in [0.1, 0.15) is 35.4 Å². The van der Waals surface area contributed by atoms with Gasteiger partial charge in [0.2, 0.25) is 0 Å². The predicted molar refractivity (Wildman–Crippen MR) is 121 cm³/mol. The van der Waals surface area contributed by atoms with E-state index in [2.05, 4.69) is 24.3 Å². The molecular weight excluding hydrogens is 402 g/mol. The second-order valence-electron chi connectivity index (χ2n) is 8.54. The summed E-state index contributed by atoms with van der Waals surface area (Å²) in [6, 6.07) is 24.9. The molecule has 162 valence electrons. The summed E-state index contributed by atoms with van der Waals surface area (Å²) < 4.78 is 5.81. The first-order chi connectivity index (χ1) is 15.6. The molecule has 5 heteroatoms. The maximum Gasteiger partial charge on any atom is 0.410 e. The molecule has 3 aromatic carbocycles. The van der Waals surface area contributed by atoms with Crippen LogP contribution >= 0.6 is 0 Å². The number of amides is 1. The average molecular weight is 428 g/mol. The number of aliphatic carboxylic acids is 1. The summed E-state index contributed by atoms with van der Waals surface area (Å²) in [5.74, 6) is -1.05. The van der Waals surface area contributed by atoms with Crippen molar-refractivity contribution in [1.29, 1.82) is 0 Å². The van der Waals surface area contributed by atoms with Crippen LogP contribution < -0.4 is 0 Å². The Morgan fingerprint density at radius 3 is 2.00 bits per heavy atom. The van der Waals surface area contributed by atoms with Gasteiger partial charge in [-0.3, -0.25) is 4.90 Å². The number of ether oxygens (including phenoxy) is 1. The largest absolute Gasteiger partial charge is 0.480 e. The average Bonchev–Trinajstić information content (AvgIpc) is 3.59. The molecule has 3 aromatic rings. The fraction of sp³-hybridized carbons (Fsp3) is 0.259. The van der Waals surface area contributed by atoms with Crippen LogP contribution in [0.3, 0.4) is 0 Å². The first-order valence-electron chi connectivity index (χ1n) is 11.0. The number of hydrogen-bond acceptors (Lipinski definition) is 3. The lowest BCUT2D eigenvalue weighted by atomic mass is 9.98. The summed E-state index contributed by atoms with van der Waals surface area (Å²) in [5, 5.41) is 9.87. The number of fused-ring (bicyclic) bond motifs is 3. The van der Waals surface area contributed by atoms with Crippen molar-refractivity contribution in [3.05, 3.63) is 95.6 Å². The van der Waals surface area contributed by atoms with Gasteiger partial charge in [-0.25, -0.2) is 9.59 Å². The Bertz CT molecular complexity index is 1090. The van der Waals surface area contributed by atoms with Gasteiger partial charge in [0.15, 0.2) is 0 Å². The van der Waals surface area contributed by atoms with Crippen LogP contribution in [0.25, 0.3) is 11.1 Å². The van der Waals surface area contributed by atoms with Crippen LogP contribution in [0.2, 0.25) is 0 Å². The Balaban J connectivity index is 1.38. The van der Waals surface area contributed by atoms with Crippen LogP contribution in [0, 0.1) is 5.92 Å². The van der Waals surface area contributed by atoms with Crippen molar-refractivity contribution in [2.45, 2.75) is 31.3 Å². The predicted octanol–water partition coefficient (Wildman–Crippen LogP) is 5.30. The van der Waals surface area contributed by atoms with Crippen molar-refractivity contribution >= 4 is 12.1 Å². The Labute approximate surface area is 187 Å². The van der Waals surface area contributed by atoms with E-state index in [0.717, 1.165) is 40.7 Å². The van der Waals surface area contributed by atoms with Gasteiger partial charge in [-0.05, 0) is 46.6 Å². The van der Waals surface area contributed by atoms with Crippen molar-refractivity contribution in [3.8, 4) is 11.1 Å². The minimum Gasteiger partial charge on any atom is -0.480 e. The number of carbonyl (C=O) groups excluding carboxylic acids is 1. The van der Waals surface area contributed by atoms with Crippen LogP contribution in [0.15, 0.2) is 78.9 Å². The molecule has 1 atom stereocenters. The molecule has 2 aliphatic rings. The standard InChI is InChI=1S/C27H25NO4/c29-26(30)25(19-14-15-19)28(16-18-8-2-1-3-9-18)27(31)32-17-24-22-12-6-4-10-20(22)21-11-5-7-13-23(21)24/h1-13,19,24-25H,14-17H2,(H,29,30). The van der Waals surface area contributed by atoms with Gasteiger partial charge in [0.05, 0.1) is 0 Å². The van der Waals surface area contributed by atoms with E-state index in [-0.39, 0.29) is 25.0 Å². The SMILES string of the molecule is O=C(O)C(C1CC1)N(Cc1ccccc1)C(=O)OCC1c2ccccc2-c2ccccc21. The molecule has 5 rings (SSSR count). The molecule has 1 fully saturated rings. The number of carboxylic acids is 1. The molecule has 32 heavy (non-hydrogen) atoms. The van der Waals surface area contributed by atoms with Gasteiger partial charge < -0.3 is 9.84 Å². The third-order valence-corrected chi connectivity index (χ3v) is 6.42. The van der Waals surface area contributed by atoms with E-state index in [1.54, 1.807) is 0 Å². The highest BCUT2D eigenvalue weighted by molar-refractivity contribution is 5.81. The van der Waals surface area contributed by atoms with E-state index >= 15 is 0 Å². The summed E-state index contributed by atoms with van der Waals surface area (Å²) in [6.45, 7) is 0.389. The highest BCUT2D eigenvalue weighted by Crippen LogP contribution is 2.44. The van der Waals surface area contributed by atoms with Crippen molar-refractivity contribution < 1.29 is 19.4 Å². The summed E-state index contributed by atoms with van der Waals surface area (Å²) in [6.07, 6.45) is 1.06. The summed E-state index contributed by atoms with van der Waals surface area (Å²) in [5.41, 5.74) is 5.47. The molecule has 0 bridgehead atoms. The summed E-state index contributed by atoms with van der Waals surface area (Å²) >= 11 is 0. The molecular formula is C27H25NO4. The lowest BCUT2D eigenvalue weighted by molar-refractivity contribution is -0.143. The van der Waals surface area contributed by atoms with Gasteiger partial charge in [-0.1, -0.05) is 78.9 Å². The first-order valence-corrected chi connectivity index (χ1v) is 11.0. The number of carbonyl (C=O) groups is 2. The molecule has 0 heterocycles. The van der Waals surface area contributed by atoms with Crippen LogP contribution in [-0.2, 0) is 16.1 Å². The number of benzene rings is 3. The Kier molecular flexibility index (Phi) is 5.39. The molecule has 0 saturated heterocycles. The molecule has 5 nitrogen and oxygen atoms in total. The Morgan fingerprint density at radius 1 is 0.875 bits per heavy atom. The summed E-state index contributed by atoms with van der Waals surface area (Å²) in [7, 11) is 0. The molecule has 2 aliphatic carbocycles. The molecule has 1 N–H and O–H groups in total. The molecule has 0 radical (unpaired) electrons. The molecule has 0 aliphatic heterocycles. The van der Waals surface area contributed by atoms with E-state index in [9.17, 15) is 14.7 Å². The van der Waals surface area contributed by atoms with Crippen molar-refractivity contribution in [3.63, 3.8) is 0 Å². The highest BCUT2D eigenvalue weighted by Gasteiger charge is 2.43. The van der Waals surface area contributed by atoms with Crippen molar-refractivity contribution in [1.82, 2.24) is 4.90 Å². The smallest absolute Gasteiger partial charge is 0.410 e. The molecule has 0 spiro atoms. The lowest BCUT2D eigenvalue weighted by Crippen LogP contribution is -2.46. The fourth-order valence-electron chi connectivity index (χ4n) is 4.73. The van der Waals surface area contributed by atoms with E-state index in [1.165, 1.54) is 4.90 Å². The Morgan fingerprint density at radius 2 is 1.44 bits per heavy atom. The third-order valence-electron chi connectivity index (χ3n) is 6.42. The zero-order chi connectivity index (χ0) is 22.1. The number of hydrogen-bond donors (Lipinski definition) is 1. The zero-order valence-electron chi connectivity index (χ0n) is 17.7. The zero-order valence-corrected chi connectivity index (χ0v) is 17.7. The number of nitrogens with zero attached hydrogens (tertiary/aromatic N) is 1. The van der Waals surface area contributed by atoms with E-state index in [1.807, 2.05) is 54.6 Å². The van der Waals surface area contributed by atoms with E-state index < -0.39 is 18.1 Å². The third kappa shape index (κ3) is 3.86. The van der Waals surface area contributed by atoms with E-state index in [0.29, 0.717) is 0 Å². The number of rotatable bonds is 7. The Hall–Kier alpha value is -3.60. The van der Waals surface area contributed by atoms with Gasteiger partial charge in [0, 0.05) is 12.5 Å².